The van der Waals surface area contributed by atoms with Gasteiger partial charge >= 0.3 is 0 Å². The van der Waals surface area contributed by atoms with Gasteiger partial charge in [-0.25, -0.2) is 0 Å². The highest BCUT2D eigenvalue weighted by atomic mass is 35.5. The monoisotopic (exact) mass is 284 g/mol. The highest BCUT2D eigenvalue weighted by molar-refractivity contribution is 7.10. The van der Waals surface area contributed by atoms with Crippen LogP contribution in [0.4, 0.5) is 0 Å². The third kappa shape index (κ3) is 2.94. The molecule has 2 aromatic rings. The first kappa shape index (κ1) is 13.6. The van der Waals surface area contributed by atoms with Gasteiger partial charge in [-0.15, -0.1) is 11.3 Å². The van der Waals surface area contributed by atoms with E-state index in [9.17, 15) is 5.11 Å². The second-order valence-corrected chi connectivity index (χ2v) is 5.56. The minimum absolute atomic E-state index is 0.505. The number of hydrogen-bond donors (Lipinski definition) is 1. The van der Waals surface area contributed by atoms with Gasteiger partial charge < -0.3 is 5.11 Å². The van der Waals surface area contributed by atoms with Crippen molar-refractivity contribution in [3.8, 4) is 0 Å². The topological polar surface area (TPSA) is 38.0 Å². The summed E-state index contributed by atoms with van der Waals surface area (Å²) < 4.78 is 1.96. The quantitative estimate of drug-likeness (QED) is 0.913. The molecule has 0 aliphatic carbocycles. The number of halogens is 1. The predicted molar refractivity (Wildman–Crippen MR) is 75.3 cm³/mol. The van der Waals surface area contributed by atoms with Gasteiger partial charge in [0, 0.05) is 28.9 Å². The van der Waals surface area contributed by atoms with E-state index in [0.29, 0.717) is 11.4 Å². The maximum atomic E-state index is 10.2. The molecule has 0 bridgehead atoms. The fraction of sp³-hybridized carbons (Fsp3) is 0.462. The van der Waals surface area contributed by atoms with Crippen molar-refractivity contribution < 1.29 is 5.11 Å². The number of hydrogen-bond acceptors (Lipinski definition) is 3. The molecular formula is C13H17ClN2OS. The molecule has 1 unspecified atom stereocenters. The van der Waals surface area contributed by atoms with Crippen LogP contribution >= 0.6 is 22.9 Å². The summed E-state index contributed by atoms with van der Waals surface area (Å²) in [5.74, 6) is 0. The molecule has 1 atom stereocenters. The van der Waals surface area contributed by atoms with E-state index in [2.05, 4.69) is 25.0 Å². The Labute approximate surface area is 116 Å². The van der Waals surface area contributed by atoms with E-state index < -0.39 is 6.10 Å². The number of aromatic nitrogens is 2. The summed E-state index contributed by atoms with van der Waals surface area (Å²) in [6.45, 7) is 4.97. The van der Waals surface area contributed by atoms with Crippen molar-refractivity contribution in [2.45, 2.75) is 39.3 Å². The molecule has 0 aliphatic heterocycles. The van der Waals surface area contributed by atoms with Crippen LogP contribution in [0.25, 0.3) is 0 Å². The normalized spacial score (nSPS) is 12.9. The van der Waals surface area contributed by atoms with Crippen molar-refractivity contribution in [3.05, 3.63) is 38.8 Å². The minimum Gasteiger partial charge on any atom is -0.387 e. The van der Waals surface area contributed by atoms with E-state index in [1.165, 1.54) is 11.3 Å². The molecule has 5 heteroatoms. The van der Waals surface area contributed by atoms with Gasteiger partial charge in [0.2, 0.25) is 0 Å². The second kappa shape index (κ2) is 5.87. The Morgan fingerprint density at radius 1 is 1.44 bits per heavy atom. The number of aliphatic hydroxyl groups excluding tert-OH is 1. The van der Waals surface area contributed by atoms with Gasteiger partial charge in [0.15, 0.2) is 0 Å². The van der Waals surface area contributed by atoms with E-state index in [1.807, 2.05) is 16.1 Å². The predicted octanol–water partition coefficient (Wildman–Crippen LogP) is 3.46. The zero-order valence-electron chi connectivity index (χ0n) is 10.6. The fourth-order valence-corrected chi connectivity index (χ4v) is 3.00. The van der Waals surface area contributed by atoms with Crippen molar-refractivity contribution in [1.29, 1.82) is 0 Å². The van der Waals surface area contributed by atoms with Crippen LogP contribution in [-0.4, -0.2) is 14.9 Å². The largest absolute Gasteiger partial charge is 0.387 e. The Morgan fingerprint density at radius 2 is 2.22 bits per heavy atom. The standard InChI is InChI=1S/C13H17ClN2OS/c1-3-10-6-11(16(4-2)15-10)7-12(17)13-5-9(14)8-18-13/h5-6,8,12,17H,3-4,7H2,1-2H3. The Morgan fingerprint density at radius 3 is 2.78 bits per heavy atom. The summed E-state index contributed by atoms with van der Waals surface area (Å²) in [6, 6.07) is 3.90. The Kier molecular flexibility index (Phi) is 4.43. The lowest BCUT2D eigenvalue weighted by molar-refractivity contribution is 0.179. The molecule has 18 heavy (non-hydrogen) atoms. The molecule has 0 saturated heterocycles. The molecule has 0 aliphatic rings. The van der Waals surface area contributed by atoms with Gasteiger partial charge in [-0.3, -0.25) is 4.68 Å². The number of aryl methyl sites for hydroxylation is 2. The van der Waals surface area contributed by atoms with E-state index in [0.717, 1.165) is 29.2 Å². The first-order valence-electron chi connectivity index (χ1n) is 6.11. The zero-order chi connectivity index (χ0) is 13.1. The van der Waals surface area contributed by atoms with Gasteiger partial charge in [-0.05, 0) is 25.5 Å². The van der Waals surface area contributed by atoms with Crippen LogP contribution in [0.1, 0.15) is 36.2 Å². The molecule has 0 saturated carbocycles. The average Bonchev–Trinajstić information content (AvgIpc) is 2.95. The molecule has 0 fully saturated rings. The number of aliphatic hydroxyl groups is 1. The highest BCUT2D eigenvalue weighted by Gasteiger charge is 2.14. The van der Waals surface area contributed by atoms with Gasteiger partial charge in [-0.2, -0.15) is 5.10 Å². The summed E-state index contributed by atoms with van der Waals surface area (Å²) in [7, 11) is 0. The van der Waals surface area contributed by atoms with E-state index in [-0.39, 0.29) is 0 Å². The van der Waals surface area contributed by atoms with Crippen molar-refractivity contribution in [3.63, 3.8) is 0 Å². The van der Waals surface area contributed by atoms with Gasteiger partial charge in [0.05, 0.1) is 16.8 Å². The molecule has 2 rings (SSSR count). The minimum atomic E-state index is -0.505. The maximum absolute atomic E-state index is 10.2. The van der Waals surface area contributed by atoms with E-state index in [1.54, 1.807) is 0 Å². The SMILES string of the molecule is CCc1cc(CC(O)c2cc(Cl)cs2)n(CC)n1. The van der Waals surface area contributed by atoms with Crippen LogP contribution in [0.5, 0.6) is 0 Å². The first-order chi connectivity index (χ1) is 8.63. The van der Waals surface area contributed by atoms with E-state index in [4.69, 9.17) is 11.6 Å². The second-order valence-electron chi connectivity index (χ2n) is 4.18. The highest BCUT2D eigenvalue weighted by Crippen LogP contribution is 2.27. The molecule has 0 spiro atoms. The molecule has 2 aromatic heterocycles. The molecule has 0 amide bonds. The summed E-state index contributed by atoms with van der Waals surface area (Å²) in [6.07, 6.45) is 0.993. The Hall–Kier alpha value is -0.840. The molecule has 98 valence electrons. The number of rotatable bonds is 5. The van der Waals surface area contributed by atoms with E-state index >= 15 is 0 Å². The molecule has 2 heterocycles. The van der Waals surface area contributed by atoms with Crippen molar-refractivity contribution in [2.75, 3.05) is 0 Å². The van der Waals surface area contributed by atoms with Crippen LogP contribution in [0.2, 0.25) is 5.02 Å². The lowest BCUT2D eigenvalue weighted by Crippen LogP contribution is -2.07. The van der Waals surface area contributed by atoms with Crippen LogP contribution in [-0.2, 0) is 19.4 Å². The average molecular weight is 285 g/mol. The van der Waals surface area contributed by atoms with Gasteiger partial charge in [0.1, 0.15) is 0 Å². The zero-order valence-corrected chi connectivity index (χ0v) is 12.1. The molecule has 0 aromatic carbocycles. The van der Waals surface area contributed by atoms with Crippen LogP contribution in [0.15, 0.2) is 17.5 Å². The van der Waals surface area contributed by atoms with Crippen LogP contribution in [0, 0.1) is 0 Å². The maximum Gasteiger partial charge on any atom is 0.0937 e. The Bertz CT molecular complexity index is 521. The van der Waals surface area contributed by atoms with Gasteiger partial charge in [-0.1, -0.05) is 18.5 Å². The fourth-order valence-electron chi connectivity index (χ4n) is 1.93. The summed E-state index contributed by atoms with van der Waals surface area (Å²) in [4.78, 5) is 0.905. The third-order valence-electron chi connectivity index (χ3n) is 2.89. The number of nitrogens with zero attached hydrogens (tertiary/aromatic N) is 2. The first-order valence-corrected chi connectivity index (χ1v) is 7.37. The van der Waals surface area contributed by atoms with Crippen molar-refractivity contribution in [1.82, 2.24) is 9.78 Å². The molecular weight excluding hydrogens is 268 g/mol. The smallest absolute Gasteiger partial charge is 0.0937 e. The summed E-state index contributed by atoms with van der Waals surface area (Å²) in [5, 5.41) is 17.2. The summed E-state index contributed by atoms with van der Waals surface area (Å²) >= 11 is 7.37. The lowest BCUT2D eigenvalue weighted by Gasteiger charge is -2.09. The van der Waals surface area contributed by atoms with Crippen molar-refractivity contribution >= 4 is 22.9 Å². The molecule has 3 nitrogen and oxygen atoms in total. The van der Waals surface area contributed by atoms with Gasteiger partial charge in [0.25, 0.3) is 0 Å². The van der Waals surface area contributed by atoms with Crippen molar-refractivity contribution in [2.24, 2.45) is 0 Å². The Balaban J connectivity index is 2.15. The molecule has 1 N–H and O–H groups in total. The lowest BCUT2D eigenvalue weighted by atomic mass is 10.1. The van der Waals surface area contributed by atoms with Crippen LogP contribution < -0.4 is 0 Å². The molecule has 0 radical (unpaired) electrons. The number of thiophene rings is 1. The summed E-state index contributed by atoms with van der Waals surface area (Å²) in [5.41, 5.74) is 2.15. The third-order valence-corrected chi connectivity index (χ3v) is 4.28. The van der Waals surface area contributed by atoms with Crippen LogP contribution in [0.3, 0.4) is 0 Å².